The zero-order valence-electron chi connectivity index (χ0n) is 67.7. The first kappa shape index (κ1) is 89.4. The Hall–Kier alpha value is -7.12. The second kappa shape index (κ2) is 37.9. The van der Waals surface area contributed by atoms with Gasteiger partial charge in [0.1, 0.15) is 60.4 Å². The van der Waals surface area contributed by atoms with Gasteiger partial charge in [0.15, 0.2) is 0 Å². The Labute approximate surface area is 650 Å². The van der Waals surface area contributed by atoms with E-state index in [9.17, 15) is 50.3 Å². The van der Waals surface area contributed by atoms with E-state index in [1.165, 1.54) is 95.6 Å². The molecule has 2 saturated heterocycles. The fourth-order valence-corrected chi connectivity index (χ4v) is 18.6. The second-order valence-corrected chi connectivity index (χ2v) is 34.1. The second-order valence-electron chi connectivity index (χ2n) is 34.1. The Bertz CT molecular complexity index is 3350. The van der Waals surface area contributed by atoms with Crippen LogP contribution in [0.15, 0.2) is 12.2 Å². The summed E-state index contributed by atoms with van der Waals surface area (Å²) in [5.41, 5.74) is -2.26. The van der Waals surface area contributed by atoms with Crippen LogP contribution in [-0.4, -0.2) is 289 Å². The minimum Gasteiger partial charge on any atom is -0.381 e. The number of hydrogen-bond donors (Lipinski definition) is 3. The predicted octanol–water partition coefficient (Wildman–Crippen LogP) is 7.00. The third-order valence-electron chi connectivity index (χ3n) is 25.3. The Morgan fingerprint density at radius 1 is 0.649 bits per heavy atom. The Morgan fingerprint density at radius 3 is 1.87 bits per heavy atom. The van der Waals surface area contributed by atoms with Gasteiger partial charge in [-0.2, -0.15) is 26.3 Å². The summed E-state index contributed by atoms with van der Waals surface area (Å²) in [6.45, 7) is 9.42. The number of ether oxygens (including phenoxy) is 2. The van der Waals surface area contributed by atoms with Gasteiger partial charge in [-0.1, -0.05) is 72.5 Å². The number of fused-ring (bicyclic) bond motifs is 3. The zero-order valence-corrected chi connectivity index (χ0v) is 67.7. The van der Waals surface area contributed by atoms with Crippen molar-refractivity contribution in [3.05, 3.63) is 12.2 Å². The molecule has 7 fully saturated rings. The summed E-state index contributed by atoms with van der Waals surface area (Å²) in [6.07, 6.45) is -4.67. The lowest BCUT2D eigenvalue weighted by molar-refractivity contribution is -0.215. The number of amides is 12. The van der Waals surface area contributed by atoms with Crippen LogP contribution < -0.4 is 16.0 Å². The molecule has 2 bridgehead atoms. The molecule has 32 heteroatoms. The molecule has 5 aliphatic carbocycles. The van der Waals surface area contributed by atoms with Crippen molar-refractivity contribution in [2.24, 2.45) is 40.9 Å². The van der Waals surface area contributed by atoms with Crippen molar-refractivity contribution in [2.75, 3.05) is 89.2 Å². The van der Waals surface area contributed by atoms with E-state index >= 15 is 33.6 Å². The molecule has 12 amide bonds. The van der Waals surface area contributed by atoms with E-state index in [0.29, 0.717) is 51.4 Å². The Morgan fingerprint density at radius 2 is 1.30 bits per heavy atom. The van der Waals surface area contributed by atoms with Crippen molar-refractivity contribution in [3.63, 3.8) is 0 Å². The lowest BCUT2D eigenvalue weighted by atomic mass is 9.58. The third kappa shape index (κ3) is 21.7. The lowest BCUT2D eigenvalue weighted by Crippen LogP contribution is -2.71. The van der Waals surface area contributed by atoms with Crippen LogP contribution in [0.3, 0.4) is 0 Å². The number of halogens is 6. The quantitative estimate of drug-likeness (QED) is 0.110. The largest absolute Gasteiger partial charge is 0.394 e. The topological polar surface area (TPSA) is 289 Å². The SMILES string of the molecule is CCC[C@H]1C(=O)N[C@@H]([C@@H](C)CC)C(=O)N(C2CC2)CC(=O)N(C)[C@H]2C/C=C\CCN(C2=O)[C@@H](CC2CCC(C(F)(F)F)CC2)C(=O)N(C)CC(=O)N[C@@H](CCC2CCC(C(F)(F)F)C(OC)C2)C(=O)N2C[C@H](OCC)C[C@H]2C(=O)NC2(CC(C)(C)C2)C(=O)N(C)[C@@H](C2CCCC2)C(=O)N(C)[C@H](C(=O)N(C)C)CC(=O)N1C. The molecule has 1 spiro atoms. The molecule has 626 valence electrons. The molecular formula is C79H124F6N12O14. The standard InChI is InChI=1S/C79H124F6N12O14/c1-15-23-56-67(101)87-65(47(4)16-2)73(107)96(52-33-34-52)44-64(100)92(11)57-26-19-18-22-37-95(72(57)106)60(38-48-27-31-51(32-28-48)78(80,81)82)71(105)90(9)43-62(98)86-55(36-30-49-29-35-54(79(83,84)85)61(39-49)110-14)69(103)97-42-53(111-17-3)40-58(97)68(102)88-77(45-76(5,6)46-77)75(109)94(13)66(50-24-20-21-25-50)74(108)93(12)59(70(104)89(7)8)41-63(99)91(56)10/h18-19,47-61,65-66H,15-17,20-46H2,1-14H3,(H,86,98)(H,87,101)(H,88,102)/b19-18-/t47-,48?,49?,51?,53+,54?,55-,56-,57-,58-,59-,60-,61?,65-,66-/m0/s1. The van der Waals surface area contributed by atoms with Crippen molar-refractivity contribution in [3.8, 4) is 0 Å². The van der Waals surface area contributed by atoms with Crippen molar-refractivity contribution < 1.29 is 93.4 Å². The number of hydrogen-bond acceptors (Lipinski definition) is 14. The lowest BCUT2D eigenvalue weighted by Gasteiger charge is -2.54. The number of carbonyl (C=O) groups excluding carboxylic acids is 12. The molecule has 0 aromatic carbocycles. The maximum Gasteiger partial charge on any atom is 0.394 e. The first-order valence-electron chi connectivity index (χ1n) is 40.4. The summed E-state index contributed by atoms with van der Waals surface area (Å²) in [5, 5.41) is 8.80. The predicted molar refractivity (Wildman–Crippen MR) is 398 cm³/mol. The summed E-state index contributed by atoms with van der Waals surface area (Å²) in [7, 11) is 11.1. The molecule has 5 saturated carbocycles. The molecule has 3 aliphatic heterocycles. The van der Waals surface area contributed by atoms with Crippen LogP contribution >= 0.6 is 0 Å². The zero-order chi connectivity index (χ0) is 82.1. The molecule has 3 unspecified atom stereocenters. The van der Waals surface area contributed by atoms with E-state index in [-0.39, 0.29) is 122 Å². The number of methoxy groups -OCH3 is 1. The molecule has 26 nitrogen and oxygen atoms in total. The van der Waals surface area contributed by atoms with Gasteiger partial charge in [0.25, 0.3) is 0 Å². The summed E-state index contributed by atoms with van der Waals surface area (Å²) >= 11 is 0. The fourth-order valence-electron chi connectivity index (χ4n) is 18.6. The average molecular weight is 1580 g/mol. The van der Waals surface area contributed by atoms with Gasteiger partial charge in [-0.15, -0.1) is 0 Å². The number of rotatable bonds is 15. The highest BCUT2D eigenvalue weighted by atomic mass is 19.4. The van der Waals surface area contributed by atoms with Gasteiger partial charge in [0.2, 0.25) is 70.9 Å². The van der Waals surface area contributed by atoms with Gasteiger partial charge in [-0.25, -0.2) is 0 Å². The monoisotopic (exact) mass is 1580 g/mol. The number of likely N-dealkylation sites (N-methyl/N-ethyl adjacent to an activating group) is 6. The molecule has 0 aromatic rings. The van der Waals surface area contributed by atoms with Crippen LogP contribution in [0.4, 0.5) is 26.3 Å². The van der Waals surface area contributed by atoms with Gasteiger partial charge in [-0.05, 0) is 158 Å². The first-order valence-corrected chi connectivity index (χ1v) is 40.4. The molecule has 8 rings (SSSR count). The van der Waals surface area contributed by atoms with E-state index < -0.39 is 216 Å². The molecule has 3 N–H and O–H groups in total. The van der Waals surface area contributed by atoms with Crippen LogP contribution in [0.5, 0.6) is 0 Å². The maximum atomic E-state index is 15.8. The number of alkyl halides is 6. The minimum absolute atomic E-state index is 0.0389. The maximum absolute atomic E-state index is 15.8. The molecule has 111 heavy (non-hydrogen) atoms. The van der Waals surface area contributed by atoms with Gasteiger partial charge >= 0.3 is 12.4 Å². The van der Waals surface area contributed by atoms with Crippen molar-refractivity contribution in [1.82, 2.24) is 60.0 Å². The highest BCUT2D eigenvalue weighted by molar-refractivity contribution is 6.01. The summed E-state index contributed by atoms with van der Waals surface area (Å²) < 4.78 is 97.2. The van der Waals surface area contributed by atoms with Crippen molar-refractivity contribution >= 4 is 70.9 Å². The number of carbonyl (C=O) groups is 12. The van der Waals surface area contributed by atoms with E-state index in [1.54, 1.807) is 32.9 Å². The van der Waals surface area contributed by atoms with Crippen molar-refractivity contribution in [1.29, 1.82) is 0 Å². The Kier molecular flexibility index (Phi) is 30.5. The van der Waals surface area contributed by atoms with Gasteiger partial charge in [0.05, 0.1) is 37.0 Å². The smallest absolute Gasteiger partial charge is 0.381 e. The van der Waals surface area contributed by atoms with E-state index in [2.05, 4.69) is 16.0 Å². The molecule has 0 aromatic heterocycles. The Balaban J connectivity index is 1.22. The van der Waals surface area contributed by atoms with Crippen LogP contribution in [0.2, 0.25) is 0 Å². The van der Waals surface area contributed by atoms with Gasteiger partial charge in [0, 0.05) is 88.6 Å². The molecule has 0 radical (unpaired) electrons. The van der Waals surface area contributed by atoms with E-state index in [1.807, 2.05) is 20.8 Å². The summed E-state index contributed by atoms with van der Waals surface area (Å²) in [6, 6.07) is -11.3. The van der Waals surface area contributed by atoms with Crippen LogP contribution in [-0.2, 0) is 67.0 Å². The van der Waals surface area contributed by atoms with E-state index in [0.717, 1.165) is 4.90 Å². The van der Waals surface area contributed by atoms with Gasteiger partial charge in [-0.3, -0.25) is 57.5 Å². The van der Waals surface area contributed by atoms with Crippen LogP contribution in [0.1, 0.15) is 202 Å². The van der Waals surface area contributed by atoms with Crippen molar-refractivity contribution in [2.45, 2.75) is 287 Å². The summed E-state index contributed by atoms with van der Waals surface area (Å²) in [4.78, 5) is 195. The molecule has 3 heterocycles. The average Bonchev–Trinajstić information content (AvgIpc) is 1.36. The van der Waals surface area contributed by atoms with Crippen LogP contribution in [0, 0.1) is 40.9 Å². The minimum atomic E-state index is -4.57. The highest BCUT2D eigenvalue weighted by Gasteiger charge is 2.60. The molecule has 13 atom stereocenters. The highest BCUT2D eigenvalue weighted by Crippen LogP contribution is 2.50. The normalized spacial score (nSPS) is 31.9. The van der Waals surface area contributed by atoms with Gasteiger partial charge < -0.3 is 69.5 Å². The fraction of sp³-hybridized carbons (Fsp3) is 0.823. The van der Waals surface area contributed by atoms with E-state index in [4.69, 9.17) is 9.47 Å². The third-order valence-corrected chi connectivity index (χ3v) is 25.3. The first-order chi connectivity index (χ1) is 52.1. The summed E-state index contributed by atoms with van der Waals surface area (Å²) in [5.74, 6) is -13.9. The number of nitrogens with one attached hydrogen (secondary N) is 3. The molecular weight excluding hydrogens is 1450 g/mol. The van der Waals surface area contributed by atoms with Crippen LogP contribution in [0.25, 0.3) is 0 Å². The molecule has 8 aliphatic rings. The number of nitrogens with zero attached hydrogens (tertiary/aromatic N) is 9.